The first-order valence-electron chi connectivity index (χ1n) is 8.28. The zero-order valence-corrected chi connectivity index (χ0v) is 17.2. The molecule has 3 rings (SSSR count). The van der Waals surface area contributed by atoms with Gasteiger partial charge in [0.05, 0.1) is 16.1 Å². The highest BCUT2D eigenvalue weighted by Gasteiger charge is 2.16. The van der Waals surface area contributed by atoms with Crippen LogP contribution in [-0.4, -0.2) is 25.4 Å². The van der Waals surface area contributed by atoms with Crippen molar-refractivity contribution < 1.29 is 23.1 Å². The molecular weight excluding hydrogens is 460 g/mol. The summed E-state index contributed by atoms with van der Waals surface area (Å²) >= 11 is 3.19. The molecule has 7 nitrogen and oxygen atoms in total. The number of hydrogen-bond acceptors (Lipinski definition) is 4. The highest BCUT2D eigenvalue weighted by atomic mass is 79.9. The van der Waals surface area contributed by atoms with E-state index in [-0.39, 0.29) is 21.7 Å². The molecule has 148 valence electrons. The van der Waals surface area contributed by atoms with Gasteiger partial charge < -0.3 is 10.4 Å². The van der Waals surface area contributed by atoms with Gasteiger partial charge in [-0.15, -0.1) is 0 Å². The molecule has 3 aromatic rings. The molecule has 0 aromatic heterocycles. The van der Waals surface area contributed by atoms with Crippen molar-refractivity contribution in [3.63, 3.8) is 0 Å². The van der Waals surface area contributed by atoms with Crippen LogP contribution in [0.3, 0.4) is 0 Å². The quantitative estimate of drug-likeness (QED) is 0.495. The smallest absolute Gasteiger partial charge is 0.337 e. The van der Waals surface area contributed by atoms with Crippen molar-refractivity contribution in [3.8, 4) is 0 Å². The van der Waals surface area contributed by atoms with Crippen molar-refractivity contribution >= 4 is 49.2 Å². The molecule has 1 amide bonds. The third-order valence-electron chi connectivity index (χ3n) is 3.91. The monoisotopic (exact) mass is 474 g/mol. The minimum absolute atomic E-state index is 0.0556. The third kappa shape index (κ3) is 5.01. The summed E-state index contributed by atoms with van der Waals surface area (Å²) in [4.78, 5) is 23.9. The molecule has 0 radical (unpaired) electrons. The number of amides is 1. The van der Waals surface area contributed by atoms with Gasteiger partial charge in [-0.1, -0.05) is 34.1 Å². The number of aromatic carboxylic acids is 1. The first kappa shape index (κ1) is 20.6. The molecule has 0 aliphatic heterocycles. The van der Waals surface area contributed by atoms with Crippen molar-refractivity contribution in [3.05, 3.63) is 88.4 Å². The summed E-state index contributed by atoms with van der Waals surface area (Å²) in [6, 6.07) is 18.2. The van der Waals surface area contributed by atoms with Gasteiger partial charge in [-0.3, -0.25) is 9.52 Å². The Hall–Kier alpha value is -3.17. The normalized spacial score (nSPS) is 10.9. The molecule has 9 heteroatoms. The molecule has 3 aromatic carbocycles. The summed E-state index contributed by atoms with van der Waals surface area (Å²) in [6.07, 6.45) is 0. The highest BCUT2D eigenvalue weighted by molar-refractivity contribution is 9.10. The predicted molar refractivity (Wildman–Crippen MR) is 113 cm³/mol. The maximum absolute atomic E-state index is 12.4. The summed E-state index contributed by atoms with van der Waals surface area (Å²) in [5.41, 5.74) is 0.631. The number of sulfonamides is 1. The lowest BCUT2D eigenvalue weighted by Gasteiger charge is -2.10. The van der Waals surface area contributed by atoms with Crippen molar-refractivity contribution in [2.45, 2.75) is 4.90 Å². The van der Waals surface area contributed by atoms with Crippen LogP contribution in [0.2, 0.25) is 0 Å². The molecule has 0 saturated carbocycles. The molecule has 3 N–H and O–H groups in total. The van der Waals surface area contributed by atoms with Crippen LogP contribution in [-0.2, 0) is 10.0 Å². The Morgan fingerprint density at radius 2 is 1.55 bits per heavy atom. The van der Waals surface area contributed by atoms with Crippen LogP contribution < -0.4 is 10.0 Å². The molecule has 29 heavy (non-hydrogen) atoms. The molecule has 0 bridgehead atoms. The second-order valence-corrected chi connectivity index (χ2v) is 8.54. The number of carbonyl (C=O) groups is 2. The first-order chi connectivity index (χ1) is 13.8. The Morgan fingerprint density at radius 1 is 0.897 bits per heavy atom. The molecule has 0 saturated heterocycles. The van der Waals surface area contributed by atoms with E-state index in [4.69, 9.17) is 0 Å². The number of nitrogens with one attached hydrogen (secondary N) is 2. The summed E-state index contributed by atoms with van der Waals surface area (Å²) < 4.78 is 27.7. The lowest BCUT2D eigenvalue weighted by molar-refractivity contribution is 0.0698. The average molecular weight is 475 g/mol. The summed E-state index contributed by atoms with van der Waals surface area (Å²) in [5, 5.41) is 11.8. The zero-order valence-electron chi connectivity index (χ0n) is 14.8. The van der Waals surface area contributed by atoms with Crippen molar-refractivity contribution in [2.75, 3.05) is 10.0 Å². The van der Waals surface area contributed by atoms with E-state index in [9.17, 15) is 23.1 Å². The fourth-order valence-electron chi connectivity index (χ4n) is 2.50. The second-order valence-electron chi connectivity index (χ2n) is 5.95. The minimum atomic E-state index is -3.73. The van der Waals surface area contributed by atoms with Crippen molar-refractivity contribution in [2.24, 2.45) is 0 Å². The van der Waals surface area contributed by atoms with Gasteiger partial charge in [0, 0.05) is 15.7 Å². The number of carboxylic acids is 1. The number of hydrogen-bond donors (Lipinski definition) is 3. The molecule has 0 aliphatic carbocycles. The Morgan fingerprint density at radius 3 is 2.17 bits per heavy atom. The van der Waals surface area contributed by atoms with Gasteiger partial charge >= 0.3 is 5.97 Å². The minimum Gasteiger partial charge on any atom is -0.478 e. The van der Waals surface area contributed by atoms with E-state index >= 15 is 0 Å². The van der Waals surface area contributed by atoms with Crippen LogP contribution in [0.4, 0.5) is 11.4 Å². The predicted octanol–water partition coefficient (Wildman–Crippen LogP) is 4.20. The number of benzene rings is 3. The van der Waals surface area contributed by atoms with Gasteiger partial charge in [-0.05, 0) is 54.6 Å². The summed E-state index contributed by atoms with van der Waals surface area (Å²) in [7, 11) is -3.73. The Balaban J connectivity index is 1.75. The Kier molecular flexibility index (Phi) is 6.00. The molecular formula is C20H15BrN2O5S. The van der Waals surface area contributed by atoms with Crippen LogP contribution in [0.25, 0.3) is 0 Å². The van der Waals surface area contributed by atoms with Gasteiger partial charge in [0.2, 0.25) is 0 Å². The number of rotatable bonds is 6. The lowest BCUT2D eigenvalue weighted by Crippen LogP contribution is -2.15. The summed E-state index contributed by atoms with van der Waals surface area (Å²) in [6.45, 7) is 0. The number of halogens is 1. The first-order valence-corrected chi connectivity index (χ1v) is 10.6. The van der Waals surface area contributed by atoms with Gasteiger partial charge in [0.1, 0.15) is 0 Å². The highest BCUT2D eigenvalue weighted by Crippen LogP contribution is 2.22. The topological polar surface area (TPSA) is 113 Å². The number of anilines is 2. The third-order valence-corrected chi connectivity index (χ3v) is 5.80. The lowest BCUT2D eigenvalue weighted by atomic mass is 10.1. The van der Waals surface area contributed by atoms with E-state index in [1.807, 2.05) is 0 Å². The molecule has 0 spiro atoms. The van der Waals surface area contributed by atoms with E-state index in [0.29, 0.717) is 10.2 Å². The van der Waals surface area contributed by atoms with Crippen LogP contribution in [0.5, 0.6) is 0 Å². The molecule has 0 unspecified atom stereocenters. The summed E-state index contributed by atoms with van der Waals surface area (Å²) in [5.74, 6) is -1.69. The molecule has 0 atom stereocenters. The van der Waals surface area contributed by atoms with Crippen LogP contribution >= 0.6 is 15.9 Å². The fraction of sp³-hybridized carbons (Fsp3) is 0. The van der Waals surface area contributed by atoms with Gasteiger partial charge in [0.15, 0.2) is 0 Å². The maximum Gasteiger partial charge on any atom is 0.337 e. The van der Waals surface area contributed by atoms with Crippen LogP contribution in [0.1, 0.15) is 20.7 Å². The fourth-order valence-corrected chi connectivity index (χ4v) is 3.94. The van der Waals surface area contributed by atoms with Crippen LogP contribution in [0.15, 0.2) is 82.2 Å². The number of carboxylic acid groups (broad SMARTS) is 1. The second kappa shape index (κ2) is 8.46. The van der Waals surface area contributed by atoms with Crippen molar-refractivity contribution in [1.82, 2.24) is 0 Å². The molecule has 0 fully saturated rings. The number of carbonyl (C=O) groups excluding carboxylic acids is 1. The largest absolute Gasteiger partial charge is 0.478 e. The van der Waals surface area contributed by atoms with E-state index < -0.39 is 21.9 Å². The SMILES string of the molecule is O=C(Nc1ccc(Br)cc1C(=O)O)c1ccc(NS(=O)(=O)c2ccccc2)cc1. The zero-order chi connectivity index (χ0) is 21.0. The van der Waals surface area contributed by atoms with E-state index in [1.165, 1.54) is 48.5 Å². The molecule has 0 heterocycles. The van der Waals surface area contributed by atoms with E-state index in [0.717, 1.165) is 0 Å². The maximum atomic E-state index is 12.4. The van der Waals surface area contributed by atoms with Gasteiger partial charge in [0.25, 0.3) is 15.9 Å². The van der Waals surface area contributed by atoms with Crippen molar-refractivity contribution in [1.29, 1.82) is 0 Å². The molecule has 0 aliphatic rings. The Labute approximate surface area is 175 Å². The van der Waals surface area contributed by atoms with E-state index in [2.05, 4.69) is 26.0 Å². The van der Waals surface area contributed by atoms with E-state index in [1.54, 1.807) is 24.3 Å². The average Bonchev–Trinajstić information content (AvgIpc) is 2.70. The van der Waals surface area contributed by atoms with Gasteiger partial charge in [-0.25, -0.2) is 13.2 Å². The standard InChI is InChI=1S/C20H15BrN2O5S/c21-14-8-11-18(17(12-14)20(25)26)22-19(24)13-6-9-15(10-7-13)23-29(27,28)16-4-2-1-3-5-16/h1-12,23H,(H,22,24)(H,25,26). The van der Waals surface area contributed by atoms with Crippen LogP contribution in [0, 0.1) is 0 Å². The van der Waals surface area contributed by atoms with Gasteiger partial charge in [-0.2, -0.15) is 0 Å². The Bertz CT molecular complexity index is 1160.